The normalized spacial score (nSPS) is 15.1. The van der Waals surface area contributed by atoms with Crippen LogP contribution in [0.15, 0.2) is 277 Å². The van der Waals surface area contributed by atoms with Crippen molar-refractivity contribution in [3.05, 3.63) is 300 Å². The molecule has 13 aromatic rings. The number of fused-ring (bicyclic) bond motifs is 16. The van der Waals surface area contributed by atoms with Crippen LogP contribution in [0.4, 0.5) is 34.1 Å². The molecule has 0 saturated carbocycles. The predicted molar refractivity (Wildman–Crippen MR) is 337 cm³/mol. The Bertz CT molecular complexity index is 4700. The van der Waals surface area contributed by atoms with E-state index in [-0.39, 0.29) is 6.71 Å². The third kappa shape index (κ3) is 6.29. The Morgan fingerprint density at radius 1 is 0.338 bits per heavy atom. The van der Waals surface area contributed by atoms with Crippen molar-refractivity contribution in [3.8, 4) is 39.1 Å². The number of aromatic nitrogens is 1. The van der Waals surface area contributed by atoms with Crippen molar-refractivity contribution in [2.75, 3.05) is 9.80 Å². The predicted octanol–water partition coefficient (Wildman–Crippen LogP) is 17.6. The topological polar surface area (TPSA) is 11.4 Å². The maximum absolute atomic E-state index is 2.65. The van der Waals surface area contributed by atoms with Gasteiger partial charge >= 0.3 is 0 Å². The molecule has 3 aliphatic heterocycles. The van der Waals surface area contributed by atoms with Crippen molar-refractivity contribution < 1.29 is 0 Å². The number of anilines is 6. The highest BCUT2D eigenvalue weighted by Crippen LogP contribution is 2.63. The summed E-state index contributed by atoms with van der Waals surface area (Å²) in [6.45, 7) is 4.45. The Morgan fingerprint density at radius 3 is 1.52 bits per heavy atom. The van der Waals surface area contributed by atoms with Crippen molar-refractivity contribution in [1.29, 1.82) is 0 Å². The lowest BCUT2D eigenvalue weighted by molar-refractivity contribution is 0.722. The molecule has 5 heteroatoms. The molecule has 12 aromatic carbocycles. The van der Waals surface area contributed by atoms with Gasteiger partial charge in [-0.3, -0.25) is 0 Å². The molecule has 1 spiro atoms. The molecule has 0 amide bonds. The fourth-order valence-electron chi connectivity index (χ4n) is 14.5. The summed E-state index contributed by atoms with van der Waals surface area (Å²) in [5.41, 5.74) is 29.0. The summed E-state index contributed by atoms with van der Waals surface area (Å²) in [7, 11) is 0. The monoisotopic (exact) mass is 1040 g/mol. The summed E-state index contributed by atoms with van der Waals surface area (Å²) in [6, 6.07) is 101. The minimum Gasteiger partial charge on any atom is -0.311 e. The van der Waals surface area contributed by atoms with E-state index in [2.05, 4.69) is 295 Å². The summed E-state index contributed by atoms with van der Waals surface area (Å²) in [6.07, 6.45) is 0. The van der Waals surface area contributed by atoms with E-state index in [1.54, 1.807) is 0 Å². The molecule has 0 bridgehead atoms. The molecule has 80 heavy (non-hydrogen) atoms. The SMILES string of the molecule is Cc1ccc2c(c1)N(c1ccccc1-c1ccccc1)c1cc(C)cc3c1B2c1cc2c(cc1N3c1ccccc1-c1ccccc1)[C@@]1(c3ccccc3S2)c2ccccc2-c2ccc(-n3c4ccccc4c4ccccc43)cc21. The fraction of sp³-hybridized carbons (Fsp3) is 0.0400. The molecular formula is C75H50BN3S. The molecule has 17 rings (SSSR count). The maximum atomic E-state index is 2.65. The molecule has 0 radical (unpaired) electrons. The van der Waals surface area contributed by atoms with Crippen molar-refractivity contribution in [2.24, 2.45) is 0 Å². The van der Waals surface area contributed by atoms with Gasteiger partial charge in [0.1, 0.15) is 0 Å². The van der Waals surface area contributed by atoms with E-state index in [1.165, 1.54) is 137 Å². The number of hydrogen-bond donors (Lipinski definition) is 0. The number of aryl methyl sites for hydroxylation is 2. The second-order valence-electron chi connectivity index (χ2n) is 22.0. The Kier molecular flexibility index (Phi) is 9.79. The van der Waals surface area contributed by atoms with Gasteiger partial charge in [0.05, 0.1) is 27.8 Å². The van der Waals surface area contributed by atoms with Crippen molar-refractivity contribution in [1.82, 2.24) is 4.57 Å². The number of hydrogen-bond acceptors (Lipinski definition) is 3. The first-order valence-electron chi connectivity index (χ1n) is 27.9. The molecule has 1 atom stereocenters. The van der Waals surface area contributed by atoms with Gasteiger partial charge in [-0.05, 0) is 153 Å². The standard InChI is InChI=1S/C75H50BN3S/c1-47-37-40-62-68(41-47)78(64-32-16-10-25-52(64)49-21-5-3-6-22-49)70-42-48(2)43-71-74(70)76(62)63-46-73-61(45-69(63)79(71)65-33-17-11-26-53(65)50-23-7-4-8-24-50)75(59-31-15-20-36-72(59)80-73)58-30-14-9-27-54(58)55-39-38-51(44-60(55)75)77-66-34-18-12-28-56(66)57-29-13-19-35-67(57)77/h3-46H,1-2H3/t75-/m1/s1. The molecule has 0 fully saturated rings. The van der Waals surface area contributed by atoms with Crippen molar-refractivity contribution in [3.63, 3.8) is 0 Å². The molecule has 0 unspecified atom stereocenters. The zero-order valence-corrected chi connectivity index (χ0v) is 45.0. The summed E-state index contributed by atoms with van der Waals surface area (Å²) in [4.78, 5) is 7.80. The smallest absolute Gasteiger partial charge is 0.252 e. The Labute approximate surface area is 470 Å². The van der Waals surface area contributed by atoms with E-state index in [9.17, 15) is 0 Å². The van der Waals surface area contributed by atoms with E-state index in [1.807, 2.05) is 11.8 Å². The second kappa shape index (κ2) is 17.2. The molecule has 0 N–H and O–H groups in total. The van der Waals surface area contributed by atoms with Crippen molar-refractivity contribution >= 4 is 90.8 Å². The molecule has 374 valence electrons. The van der Waals surface area contributed by atoms with Gasteiger partial charge in [0.15, 0.2) is 0 Å². The van der Waals surface area contributed by atoms with Gasteiger partial charge in [-0.2, -0.15) is 0 Å². The highest BCUT2D eigenvalue weighted by Gasteiger charge is 2.53. The first kappa shape index (κ1) is 45.5. The van der Waals surface area contributed by atoms with Gasteiger partial charge in [-0.15, -0.1) is 0 Å². The van der Waals surface area contributed by atoms with Gasteiger partial charge in [0, 0.05) is 60.1 Å². The molecule has 0 saturated heterocycles. The van der Waals surface area contributed by atoms with Crippen LogP contribution in [0, 0.1) is 13.8 Å². The molecule has 3 nitrogen and oxygen atoms in total. The van der Waals surface area contributed by atoms with Crippen LogP contribution in [0.1, 0.15) is 33.4 Å². The second-order valence-corrected chi connectivity index (χ2v) is 23.1. The summed E-state index contributed by atoms with van der Waals surface area (Å²) in [5, 5.41) is 2.52. The number of rotatable bonds is 5. The van der Waals surface area contributed by atoms with Crippen LogP contribution in [0.3, 0.4) is 0 Å². The van der Waals surface area contributed by atoms with E-state index < -0.39 is 5.41 Å². The summed E-state index contributed by atoms with van der Waals surface area (Å²) in [5.74, 6) is 0. The Balaban J connectivity index is 0.986. The van der Waals surface area contributed by atoms with Crippen LogP contribution in [0.25, 0.3) is 60.9 Å². The average Bonchev–Trinajstić information content (AvgIpc) is 2.74. The van der Waals surface area contributed by atoms with Crippen LogP contribution in [-0.4, -0.2) is 11.3 Å². The number of para-hydroxylation sites is 4. The van der Waals surface area contributed by atoms with Gasteiger partial charge in [-0.1, -0.05) is 212 Å². The summed E-state index contributed by atoms with van der Waals surface area (Å²) < 4.78 is 2.49. The lowest BCUT2D eigenvalue weighted by Gasteiger charge is -2.46. The highest BCUT2D eigenvalue weighted by molar-refractivity contribution is 7.99. The first-order chi connectivity index (χ1) is 39.5. The van der Waals surface area contributed by atoms with Gasteiger partial charge in [0.2, 0.25) is 0 Å². The van der Waals surface area contributed by atoms with E-state index in [0.29, 0.717) is 0 Å². The fourth-order valence-corrected chi connectivity index (χ4v) is 15.8. The Morgan fingerprint density at radius 2 is 0.863 bits per heavy atom. The van der Waals surface area contributed by atoms with Gasteiger partial charge in [-0.25, -0.2) is 0 Å². The van der Waals surface area contributed by atoms with Crippen LogP contribution < -0.4 is 26.2 Å². The lowest BCUT2D eigenvalue weighted by atomic mass is 9.33. The molecule has 4 heterocycles. The zero-order valence-electron chi connectivity index (χ0n) is 44.2. The quantitative estimate of drug-likeness (QED) is 0.159. The molecule has 1 aliphatic carbocycles. The Hall–Kier alpha value is -9.55. The van der Waals surface area contributed by atoms with E-state index >= 15 is 0 Å². The maximum Gasteiger partial charge on any atom is 0.252 e. The van der Waals surface area contributed by atoms with Crippen LogP contribution in [0.5, 0.6) is 0 Å². The molecule has 1 aromatic heterocycles. The van der Waals surface area contributed by atoms with Gasteiger partial charge in [0.25, 0.3) is 6.71 Å². The lowest BCUT2D eigenvalue weighted by Crippen LogP contribution is -2.61. The molecule has 4 aliphatic rings. The van der Waals surface area contributed by atoms with E-state index in [4.69, 9.17) is 0 Å². The zero-order chi connectivity index (χ0) is 52.8. The highest BCUT2D eigenvalue weighted by atomic mass is 32.2. The third-order valence-electron chi connectivity index (χ3n) is 17.7. The number of nitrogens with zero attached hydrogens (tertiary/aromatic N) is 3. The third-order valence-corrected chi connectivity index (χ3v) is 18.8. The van der Waals surface area contributed by atoms with Crippen LogP contribution in [0.2, 0.25) is 0 Å². The molecular weight excluding hydrogens is 986 g/mol. The average molecular weight is 1040 g/mol. The number of benzene rings is 12. The minimum atomic E-state index is -0.658. The van der Waals surface area contributed by atoms with E-state index in [0.717, 1.165) is 17.1 Å². The van der Waals surface area contributed by atoms with Crippen LogP contribution >= 0.6 is 11.8 Å². The van der Waals surface area contributed by atoms with Gasteiger partial charge < -0.3 is 14.4 Å². The van der Waals surface area contributed by atoms with Crippen molar-refractivity contribution in [2.45, 2.75) is 29.1 Å². The minimum absolute atomic E-state index is 0.0736. The van der Waals surface area contributed by atoms with Crippen LogP contribution in [-0.2, 0) is 5.41 Å². The largest absolute Gasteiger partial charge is 0.311 e. The summed E-state index contributed by atoms with van der Waals surface area (Å²) >= 11 is 1.93. The first-order valence-corrected chi connectivity index (χ1v) is 28.7.